The highest BCUT2D eigenvalue weighted by molar-refractivity contribution is 7.89. The summed E-state index contributed by atoms with van der Waals surface area (Å²) in [5.74, 6) is 0.930. The molecular formula is C13H16N6O4S. The van der Waals surface area contributed by atoms with Crippen molar-refractivity contribution in [3.8, 4) is 11.5 Å². The molecule has 1 aliphatic rings. The minimum atomic E-state index is -3.78. The highest BCUT2D eigenvalue weighted by Gasteiger charge is 2.24. The van der Waals surface area contributed by atoms with Gasteiger partial charge in [0.1, 0.15) is 13.2 Å². The number of benzene rings is 1. The average Bonchev–Trinajstić information content (AvgIpc) is 2.53. The van der Waals surface area contributed by atoms with Crippen LogP contribution in [0.1, 0.15) is 5.82 Å². The van der Waals surface area contributed by atoms with Gasteiger partial charge in [0.25, 0.3) is 0 Å². The van der Waals surface area contributed by atoms with Crippen LogP contribution >= 0.6 is 0 Å². The van der Waals surface area contributed by atoms with E-state index in [4.69, 9.17) is 20.9 Å². The lowest BCUT2D eigenvalue weighted by molar-refractivity contribution is 0.171. The maximum atomic E-state index is 12.7. The van der Waals surface area contributed by atoms with E-state index in [1.807, 2.05) is 0 Å². The Morgan fingerprint density at radius 2 is 1.71 bits per heavy atom. The fraction of sp³-hybridized carbons (Fsp3) is 0.308. The Labute approximate surface area is 138 Å². The maximum Gasteiger partial charge on any atom is 0.243 e. The molecule has 0 amide bonds. The van der Waals surface area contributed by atoms with Gasteiger partial charge in [-0.15, -0.1) is 0 Å². The van der Waals surface area contributed by atoms with Crippen molar-refractivity contribution in [3.63, 3.8) is 0 Å². The quantitative estimate of drug-likeness (QED) is 0.752. The first-order valence-corrected chi connectivity index (χ1v) is 8.42. The third-order valence-electron chi connectivity index (χ3n) is 3.30. The third-order valence-corrected chi connectivity index (χ3v) is 5.10. The van der Waals surface area contributed by atoms with Crippen molar-refractivity contribution < 1.29 is 17.9 Å². The van der Waals surface area contributed by atoms with Crippen LogP contribution in [0.25, 0.3) is 0 Å². The van der Waals surface area contributed by atoms with Crippen molar-refractivity contribution in [3.05, 3.63) is 24.0 Å². The summed E-state index contributed by atoms with van der Waals surface area (Å²) in [7, 11) is -2.38. The molecule has 0 spiro atoms. The Morgan fingerprint density at radius 1 is 1.08 bits per heavy atom. The van der Waals surface area contributed by atoms with Gasteiger partial charge in [0, 0.05) is 13.1 Å². The first-order chi connectivity index (χ1) is 11.4. The van der Waals surface area contributed by atoms with Crippen molar-refractivity contribution in [2.75, 3.05) is 31.7 Å². The van der Waals surface area contributed by atoms with E-state index in [1.165, 1.54) is 19.2 Å². The van der Waals surface area contributed by atoms with E-state index in [9.17, 15) is 8.42 Å². The first-order valence-electron chi connectivity index (χ1n) is 6.98. The van der Waals surface area contributed by atoms with Crippen LogP contribution in [0.15, 0.2) is 23.1 Å². The van der Waals surface area contributed by atoms with Gasteiger partial charge in [-0.1, -0.05) is 0 Å². The normalized spacial score (nSPS) is 13.9. The fourth-order valence-corrected chi connectivity index (χ4v) is 3.32. The van der Waals surface area contributed by atoms with E-state index in [2.05, 4.69) is 15.0 Å². The van der Waals surface area contributed by atoms with Crippen molar-refractivity contribution >= 4 is 21.9 Å². The smallest absolute Gasteiger partial charge is 0.243 e. The lowest BCUT2D eigenvalue weighted by atomic mass is 10.3. The van der Waals surface area contributed by atoms with Crippen LogP contribution in [0, 0.1) is 0 Å². The summed E-state index contributed by atoms with van der Waals surface area (Å²) >= 11 is 0. The topological polar surface area (TPSA) is 147 Å². The molecule has 1 aliphatic heterocycles. The zero-order chi connectivity index (χ0) is 17.3. The van der Waals surface area contributed by atoms with Gasteiger partial charge in [0.05, 0.1) is 11.4 Å². The molecule has 0 unspecified atom stereocenters. The summed E-state index contributed by atoms with van der Waals surface area (Å²) in [5, 5.41) is 0. The second-order valence-electron chi connectivity index (χ2n) is 5.03. The third kappa shape index (κ3) is 3.16. The average molecular weight is 352 g/mol. The summed E-state index contributed by atoms with van der Waals surface area (Å²) in [6, 6.07) is 4.44. The zero-order valence-corrected chi connectivity index (χ0v) is 13.7. The Kier molecular flexibility index (Phi) is 4.11. The molecule has 0 radical (unpaired) electrons. The second kappa shape index (κ2) is 6.09. The molecule has 2 aromatic rings. The van der Waals surface area contributed by atoms with Crippen molar-refractivity contribution in [2.24, 2.45) is 0 Å². The summed E-state index contributed by atoms with van der Waals surface area (Å²) in [6.07, 6.45) is 0. The molecule has 0 saturated heterocycles. The van der Waals surface area contributed by atoms with Crippen LogP contribution in [-0.4, -0.2) is 47.9 Å². The number of nitrogen functional groups attached to an aromatic ring is 2. The Morgan fingerprint density at radius 3 is 2.38 bits per heavy atom. The highest BCUT2D eigenvalue weighted by atomic mass is 32.2. The highest BCUT2D eigenvalue weighted by Crippen LogP contribution is 2.33. The summed E-state index contributed by atoms with van der Waals surface area (Å²) < 4.78 is 37.3. The molecule has 1 aromatic heterocycles. The lowest BCUT2D eigenvalue weighted by Crippen LogP contribution is -2.28. The van der Waals surface area contributed by atoms with Gasteiger partial charge in [0.2, 0.25) is 21.9 Å². The molecule has 0 aliphatic carbocycles. The summed E-state index contributed by atoms with van der Waals surface area (Å²) in [6.45, 7) is 0.699. The molecule has 10 nitrogen and oxygen atoms in total. The van der Waals surface area contributed by atoms with Gasteiger partial charge in [-0.2, -0.15) is 19.3 Å². The lowest BCUT2D eigenvalue weighted by Gasteiger charge is -2.21. The van der Waals surface area contributed by atoms with Gasteiger partial charge in [-0.3, -0.25) is 0 Å². The number of aromatic nitrogens is 3. The standard InChI is InChI=1S/C13H16N6O4S/c1-19(7-11-16-12(14)18-13(15)17-11)24(20,21)8-2-3-9-10(6-8)23-5-4-22-9/h2-3,6H,4-5,7H2,1H3,(H4,14,15,16,17,18). The Balaban J connectivity index is 1.86. The van der Waals surface area contributed by atoms with Gasteiger partial charge in [-0.05, 0) is 12.1 Å². The van der Waals surface area contributed by atoms with E-state index in [-0.39, 0.29) is 29.2 Å². The van der Waals surface area contributed by atoms with E-state index in [1.54, 1.807) is 6.07 Å². The predicted octanol–water partition coefficient (Wildman–Crippen LogP) is -0.372. The summed E-state index contributed by atoms with van der Waals surface area (Å²) in [5.41, 5.74) is 11.0. The Hall–Kier alpha value is -2.66. The molecule has 0 bridgehead atoms. The number of fused-ring (bicyclic) bond motifs is 1. The van der Waals surface area contributed by atoms with E-state index >= 15 is 0 Å². The number of hydrogen-bond acceptors (Lipinski definition) is 9. The molecule has 0 atom stereocenters. The van der Waals surface area contributed by atoms with Gasteiger partial charge in [-0.25, -0.2) is 8.42 Å². The molecule has 3 rings (SSSR count). The van der Waals surface area contributed by atoms with E-state index < -0.39 is 10.0 Å². The van der Waals surface area contributed by atoms with Crippen LogP contribution in [0.5, 0.6) is 11.5 Å². The minimum Gasteiger partial charge on any atom is -0.486 e. The van der Waals surface area contributed by atoms with E-state index in [0.29, 0.717) is 24.7 Å². The van der Waals surface area contributed by atoms with Crippen molar-refractivity contribution in [1.29, 1.82) is 0 Å². The molecular weight excluding hydrogens is 336 g/mol. The number of ether oxygens (including phenoxy) is 2. The molecule has 1 aromatic carbocycles. The van der Waals surface area contributed by atoms with Crippen LogP contribution < -0.4 is 20.9 Å². The predicted molar refractivity (Wildman–Crippen MR) is 84.7 cm³/mol. The summed E-state index contributed by atoms with van der Waals surface area (Å²) in [4.78, 5) is 11.5. The van der Waals surface area contributed by atoms with Gasteiger partial charge >= 0.3 is 0 Å². The molecule has 24 heavy (non-hydrogen) atoms. The maximum absolute atomic E-state index is 12.7. The van der Waals surface area contributed by atoms with Gasteiger partial charge in [0.15, 0.2) is 17.3 Å². The SMILES string of the molecule is CN(Cc1nc(N)nc(N)n1)S(=O)(=O)c1ccc2c(c1)OCCO2. The van der Waals surface area contributed by atoms with Crippen molar-refractivity contribution in [2.45, 2.75) is 11.4 Å². The molecule has 4 N–H and O–H groups in total. The molecule has 0 saturated carbocycles. The van der Waals surface area contributed by atoms with Crippen LogP contribution in [-0.2, 0) is 16.6 Å². The van der Waals surface area contributed by atoms with E-state index in [0.717, 1.165) is 4.31 Å². The molecule has 2 heterocycles. The minimum absolute atomic E-state index is 0.0670. The number of nitrogens with zero attached hydrogens (tertiary/aromatic N) is 4. The van der Waals surface area contributed by atoms with Crippen LogP contribution in [0.3, 0.4) is 0 Å². The first kappa shape index (κ1) is 16.2. The van der Waals surface area contributed by atoms with Gasteiger partial charge < -0.3 is 20.9 Å². The fourth-order valence-electron chi connectivity index (χ4n) is 2.18. The zero-order valence-electron chi connectivity index (χ0n) is 12.8. The number of anilines is 2. The van der Waals surface area contributed by atoms with Crippen molar-refractivity contribution in [1.82, 2.24) is 19.3 Å². The Bertz CT molecular complexity index is 853. The molecule has 0 fully saturated rings. The number of hydrogen-bond donors (Lipinski definition) is 2. The molecule has 128 valence electrons. The van der Waals surface area contributed by atoms with Crippen LogP contribution in [0.2, 0.25) is 0 Å². The second-order valence-corrected chi connectivity index (χ2v) is 7.08. The number of nitrogens with two attached hydrogens (primary N) is 2. The molecule has 11 heteroatoms. The number of sulfonamides is 1. The van der Waals surface area contributed by atoms with Crippen LogP contribution in [0.4, 0.5) is 11.9 Å². The largest absolute Gasteiger partial charge is 0.486 e. The number of rotatable bonds is 4. The monoisotopic (exact) mass is 352 g/mol.